The molecule has 1 aliphatic rings. The molecule has 2 amide bonds. The van der Waals surface area contributed by atoms with E-state index in [-0.39, 0.29) is 6.03 Å². The van der Waals surface area contributed by atoms with Crippen LogP contribution in [-0.4, -0.2) is 43.4 Å². The van der Waals surface area contributed by atoms with Crippen LogP contribution in [-0.2, 0) is 11.5 Å². The number of rotatable bonds is 3. The van der Waals surface area contributed by atoms with Crippen molar-refractivity contribution < 1.29 is 18.7 Å². The highest BCUT2D eigenvalue weighted by Gasteiger charge is 2.30. The van der Waals surface area contributed by atoms with Gasteiger partial charge in [0.1, 0.15) is 11.7 Å². The second kappa shape index (κ2) is 8.11. The molecule has 2 aromatic carbocycles. The predicted molar refractivity (Wildman–Crippen MR) is 125 cm³/mol. The molecule has 0 unspecified atom stereocenters. The van der Waals surface area contributed by atoms with Gasteiger partial charge in [0.25, 0.3) is 0 Å². The van der Waals surface area contributed by atoms with E-state index in [0.29, 0.717) is 6.67 Å². The first-order valence-electron chi connectivity index (χ1n) is 10.1. The number of fused-ring (bicyclic) bond motifs is 6. The Morgan fingerprint density at radius 3 is 2.12 bits per heavy atom. The third-order valence-corrected chi connectivity index (χ3v) is 8.01. The Morgan fingerprint density at radius 1 is 0.875 bits per heavy atom. The number of carbonyl (C=O) groups excluding carboxylic acids is 2. The Hall–Kier alpha value is -3.10. The summed E-state index contributed by atoms with van der Waals surface area (Å²) in [4.78, 5) is 31.9. The number of para-hydroxylation sites is 2. The average molecular weight is 463 g/mol. The fourth-order valence-electron chi connectivity index (χ4n) is 3.91. The third kappa shape index (κ3) is 3.40. The van der Waals surface area contributed by atoms with Gasteiger partial charge in [-0.1, -0.05) is 47.8 Å². The minimum absolute atomic E-state index is 0.0819. The molecular formula is C24H22N4O2S2+2. The van der Waals surface area contributed by atoms with Crippen molar-refractivity contribution in [1.29, 1.82) is 0 Å². The normalized spacial score (nSPS) is 12.3. The lowest BCUT2D eigenvalue weighted by Crippen LogP contribution is -2.50. The smallest absolute Gasteiger partial charge is 0.293 e. The zero-order chi connectivity index (χ0) is 22.4. The van der Waals surface area contributed by atoms with Crippen molar-refractivity contribution in [2.45, 2.75) is 26.3 Å². The minimum atomic E-state index is -0.0819. The van der Waals surface area contributed by atoms with Gasteiger partial charge >= 0.3 is 6.03 Å². The van der Waals surface area contributed by atoms with Crippen LogP contribution in [0.2, 0.25) is 0 Å². The first kappa shape index (κ1) is 20.8. The molecule has 3 heterocycles. The maximum Gasteiger partial charge on any atom is 0.497 e. The Kier molecular flexibility index (Phi) is 5.27. The number of amides is 2. The van der Waals surface area contributed by atoms with Gasteiger partial charge in [0.05, 0.1) is 29.3 Å². The van der Waals surface area contributed by atoms with Gasteiger partial charge in [0.15, 0.2) is 6.20 Å². The number of benzene rings is 2. The number of hydrogen-bond donors (Lipinski definition) is 0. The number of aromatic nitrogens is 2. The number of pyridine rings is 2. The van der Waals surface area contributed by atoms with E-state index in [0.717, 1.165) is 42.9 Å². The van der Waals surface area contributed by atoms with E-state index in [4.69, 9.17) is 0 Å². The van der Waals surface area contributed by atoms with Gasteiger partial charge in [-0.3, -0.25) is 9.69 Å². The highest BCUT2D eigenvalue weighted by molar-refractivity contribution is 8.05. The van der Waals surface area contributed by atoms with Gasteiger partial charge in [0.2, 0.25) is 18.6 Å². The molecule has 8 heteroatoms. The van der Waals surface area contributed by atoms with Crippen molar-refractivity contribution >= 4 is 57.8 Å². The van der Waals surface area contributed by atoms with Crippen LogP contribution < -0.4 is 9.13 Å². The van der Waals surface area contributed by atoms with Crippen LogP contribution >= 0.6 is 23.5 Å². The predicted octanol–water partition coefficient (Wildman–Crippen LogP) is 3.76. The van der Waals surface area contributed by atoms with Crippen molar-refractivity contribution in [2.24, 2.45) is 0 Å². The molecule has 2 aromatic heterocycles. The van der Waals surface area contributed by atoms with E-state index in [1.807, 2.05) is 36.5 Å². The molecule has 5 rings (SSSR count). The van der Waals surface area contributed by atoms with Crippen LogP contribution in [0.5, 0.6) is 0 Å². The largest absolute Gasteiger partial charge is 0.497 e. The van der Waals surface area contributed by atoms with E-state index in [9.17, 15) is 9.59 Å². The minimum Gasteiger partial charge on any atom is -0.293 e. The first-order chi connectivity index (χ1) is 15.5. The molecule has 0 saturated heterocycles. The van der Waals surface area contributed by atoms with Crippen molar-refractivity contribution in [3.8, 4) is 0 Å². The molecule has 0 radical (unpaired) electrons. The number of nitrogens with zero attached hydrogens (tertiary/aromatic N) is 4. The van der Waals surface area contributed by atoms with Gasteiger partial charge in [-0.25, -0.2) is 4.90 Å². The van der Waals surface area contributed by atoms with Crippen LogP contribution in [0.25, 0.3) is 21.8 Å². The number of hydrogen-bond acceptors (Lipinski definition) is 4. The second-order valence-corrected chi connectivity index (χ2v) is 10.0. The van der Waals surface area contributed by atoms with E-state index in [1.165, 1.54) is 4.90 Å². The van der Waals surface area contributed by atoms with Crippen molar-refractivity contribution in [2.75, 3.05) is 21.1 Å². The zero-order valence-corrected chi connectivity index (χ0v) is 19.6. The Bertz CT molecular complexity index is 1400. The molecule has 0 fully saturated rings. The van der Waals surface area contributed by atoms with E-state index in [2.05, 4.69) is 29.0 Å². The lowest BCUT2D eigenvalue weighted by molar-refractivity contribution is -0.688. The molecule has 0 atom stereocenters. The van der Waals surface area contributed by atoms with Crippen molar-refractivity contribution in [1.82, 2.24) is 9.80 Å². The molecule has 1 aliphatic heterocycles. The van der Waals surface area contributed by atoms with Crippen LogP contribution in [0.4, 0.5) is 4.79 Å². The topological polar surface area (TPSA) is 48.4 Å². The fourth-order valence-corrected chi connectivity index (χ4v) is 6.47. The van der Waals surface area contributed by atoms with Gasteiger partial charge in [-0.15, -0.1) is 0 Å². The molecular weight excluding hydrogens is 440 g/mol. The SMILES string of the molecule is CN(C=O)C[n+]1cc2c(c3ccccc31)Sc1c(c[n+](C(=O)N(C)C)c3ccccc13)S2. The summed E-state index contributed by atoms with van der Waals surface area (Å²) in [5.41, 5.74) is 1.97. The molecule has 0 spiro atoms. The quantitative estimate of drug-likeness (QED) is 0.303. The average Bonchev–Trinajstić information content (AvgIpc) is 2.82. The molecule has 0 N–H and O–H groups in total. The van der Waals surface area contributed by atoms with E-state index >= 15 is 0 Å². The molecule has 0 aliphatic carbocycles. The second-order valence-electron chi connectivity index (χ2n) is 7.90. The van der Waals surface area contributed by atoms with Crippen molar-refractivity contribution in [3.63, 3.8) is 0 Å². The standard InChI is InChI=1S/C24H22N4O2S2/c1-25(2)24(30)28-13-21-23(17-9-5-7-11-19(17)28)32-22-16-8-4-6-10-18(16)27(12-20(22)31-21)14-26(3)15-29/h4-13,15H,14H2,1-3H3/q+2. The van der Waals surface area contributed by atoms with Crippen LogP contribution in [0.15, 0.2) is 80.5 Å². The maximum absolute atomic E-state index is 12.9. The monoisotopic (exact) mass is 462 g/mol. The third-order valence-electron chi connectivity index (χ3n) is 5.40. The van der Waals surface area contributed by atoms with Crippen LogP contribution in [0.1, 0.15) is 0 Å². The summed E-state index contributed by atoms with van der Waals surface area (Å²) >= 11 is 3.41. The molecule has 6 nitrogen and oxygen atoms in total. The lowest BCUT2D eigenvalue weighted by atomic mass is 10.2. The lowest BCUT2D eigenvalue weighted by Gasteiger charge is -2.21. The summed E-state index contributed by atoms with van der Waals surface area (Å²) < 4.78 is 3.82. The molecule has 0 bridgehead atoms. The van der Waals surface area contributed by atoms with Gasteiger partial charge in [-0.05, 0) is 18.2 Å². The maximum atomic E-state index is 12.9. The Balaban J connectivity index is 1.73. The van der Waals surface area contributed by atoms with E-state index < -0.39 is 0 Å². The molecule has 0 saturated carbocycles. The van der Waals surface area contributed by atoms with E-state index in [1.54, 1.807) is 59.0 Å². The highest BCUT2D eigenvalue weighted by Crippen LogP contribution is 2.51. The van der Waals surface area contributed by atoms with Gasteiger partial charge < -0.3 is 0 Å². The van der Waals surface area contributed by atoms with Gasteiger partial charge in [-0.2, -0.15) is 13.9 Å². The van der Waals surface area contributed by atoms with Crippen molar-refractivity contribution in [3.05, 3.63) is 60.9 Å². The summed E-state index contributed by atoms with van der Waals surface area (Å²) in [5.74, 6) is 0. The summed E-state index contributed by atoms with van der Waals surface area (Å²) in [6, 6.07) is 16.2. The Labute approximate surface area is 194 Å². The van der Waals surface area contributed by atoms with Gasteiger partial charge in [0, 0.05) is 28.3 Å². The Morgan fingerprint density at radius 2 is 1.47 bits per heavy atom. The van der Waals surface area contributed by atoms with Crippen LogP contribution in [0, 0.1) is 0 Å². The fraction of sp³-hybridized carbons (Fsp3) is 0.167. The molecule has 160 valence electrons. The van der Waals surface area contributed by atoms with Crippen LogP contribution in [0.3, 0.4) is 0 Å². The highest BCUT2D eigenvalue weighted by atomic mass is 32.2. The summed E-state index contributed by atoms with van der Waals surface area (Å²) in [5, 5.41) is 2.21. The molecule has 32 heavy (non-hydrogen) atoms. The summed E-state index contributed by atoms with van der Waals surface area (Å²) in [6.07, 6.45) is 4.88. The summed E-state index contributed by atoms with van der Waals surface area (Å²) in [7, 11) is 5.30. The summed E-state index contributed by atoms with van der Waals surface area (Å²) in [6.45, 7) is 0.464. The zero-order valence-electron chi connectivity index (χ0n) is 18.0. The first-order valence-corrected chi connectivity index (χ1v) is 11.8. The number of carbonyl (C=O) groups is 2. The molecule has 4 aromatic rings.